The highest BCUT2D eigenvalue weighted by atomic mass is 19.1. The van der Waals surface area contributed by atoms with Gasteiger partial charge in [0.2, 0.25) is 0 Å². The molecule has 0 aliphatic heterocycles. The van der Waals surface area contributed by atoms with E-state index in [1.807, 2.05) is 0 Å². The van der Waals surface area contributed by atoms with Crippen LogP contribution < -0.4 is 5.32 Å². The minimum absolute atomic E-state index is 0.0469. The van der Waals surface area contributed by atoms with E-state index < -0.39 is 17.7 Å². The van der Waals surface area contributed by atoms with Gasteiger partial charge in [-0.05, 0) is 19.1 Å². The van der Waals surface area contributed by atoms with Crippen LogP contribution in [0.2, 0.25) is 0 Å². The number of aromatic nitrogens is 1. The predicted molar refractivity (Wildman–Crippen MR) is 53.2 cm³/mol. The second-order valence-electron chi connectivity index (χ2n) is 2.85. The molecular formula is C10H11FN2O3. The summed E-state index contributed by atoms with van der Waals surface area (Å²) in [6, 6.07) is 2.35. The number of carbonyl (C=O) groups excluding carboxylic acids is 2. The molecule has 0 aliphatic rings. The van der Waals surface area contributed by atoms with E-state index in [9.17, 15) is 14.0 Å². The van der Waals surface area contributed by atoms with Gasteiger partial charge in [-0.2, -0.15) is 0 Å². The molecule has 0 spiro atoms. The quantitative estimate of drug-likeness (QED) is 0.760. The smallest absolute Gasteiger partial charge is 0.325 e. The highest BCUT2D eigenvalue weighted by molar-refractivity contribution is 5.94. The lowest BCUT2D eigenvalue weighted by molar-refractivity contribution is -0.141. The Bertz CT molecular complexity index is 378. The number of nitrogens with zero attached hydrogens (tertiary/aromatic N) is 1. The number of esters is 1. The minimum Gasteiger partial charge on any atom is -0.465 e. The van der Waals surface area contributed by atoms with Crippen LogP contribution in [0.5, 0.6) is 0 Å². The molecule has 1 N–H and O–H groups in total. The number of carbonyl (C=O) groups is 2. The van der Waals surface area contributed by atoms with Crippen LogP contribution in [0.25, 0.3) is 0 Å². The molecule has 1 amide bonds. The van der Waals surface area contributed by atoms with Gasteiger partial charge in [0.15, 0.2) is 0 Å². The summed E-state index contributed by atoms with van der Waals surface area (Å²) >= 11 is 0. The van der Waals surface area contributed by atoms with Crippen molar-refractivity contribution >= 4 is 11.9 Å². The molecule has 0 atom stereocenters. The van der Waals surface area contributed by atoms with Crippen LogP contribution in [0.1, 0.15) is 17.4 Å². The lowest BCUT2D eigenvalue weighted by Crippen LogP contribution is -2.31. The summed E-state index contributed by atoms with van der Waals surface area (Å²) in [4.78, 5) is 25.8. The maximum absolute atomic E-state index is 12.5. The summed E-state index contributed by atoms with van der Waals surface area (Å²) in [6.45, 7) is 1.69. The number of pyridine rings is 1. The van der Waals surface area contributed by atoms with Crippen LogP contribution in [0.3, 0.4) is 0 Å². The summed E-state index contributed by atoms with van der Waals surface area (Å²) in [5.74, 6) is -1.60. The number of hydrogen-bond acceptors (Lipinski definition) is 4. The molecule has 6 heteroatoms. The average Bonchev–Trinajstić information content (AvgIpc) is 2.27. The SMILES string of the molecule is CCOC(=O)CNC(=O)c1ccc(F)cn1. The first-order valence-corrected chi connectivity index (χ1v) is 4.69. The normalized spacial score (nSPS) is 9.62. The largest absolute Gasteiger partial charge is 0.465 e. The van der Waals surface area contributed by atoms with Gasteiger partial charge in [-0.3, -0.25) is 9.59 Å². The van der Waals surface area contributed by atoms with Crippen molar-refractivity contribution < 1.29 is 18.7 Å². The fraction of sp³-hybridized carbons (Fsp3) is 0.300. The van der Waals surface area contributed by atoms with Crippen molar-refractivity contribution in [3.05, 3.63) is 29.8 Å². The van der Waals surface area contributed by atoms with E-state index in [0.717, 1.165) is 12.3 Å². The van der Waals surface area contributed by atoms with Crippen molar-refractivity contribution in [2.24, 2.45) is 0 Å². The van der Waals surface area contributed by atoms with Crippen molar-refractivity contribution in [3.8, 4) is 0 Å². The second-order valence-corrected chi connectivity index (χ2v) is 2.85. The van der Waals surface area contributed by atoms with Crippen LogP contribution in [0.15, 0.2) is 18.3 Å². The molecule has 0 aliphatic carbocycles. The van der Waals surface area contributed by atoms with Crippen LogP contribution in [0.4, 0.5) is 4.39 Å². The summed E-state index contributed by atoms with van der Waals surface area (Å²) in [6.07, 6.45) is 0.930. The van der Waals surface area contributed by atoms with Crippen LogP contribution >= 0.6 is 0 Å². The molecule has 86 valence electrons. The Labute approximate surface area is 91.6 Å². The fourth-order valence-corrected chi connectivity index (χ4v) is 0.965. The van der Waals surface area contributed by atoms with E-state index in [2.05, 4.69) is 15.0 Å². The number of amides is 1. The molecule has 0 aromatic carbocycles. The van der Waals surface area contributed by atoms with Crippen LogP contribution in [-0.2, 0) is 9.53 Å². The van der Waals surface area contributed by atoms with E-state index in [4.69, 9.17) is 0 Å². The molecule has 0 fully saturated rings. The molecule has 1 rings (SSSR count). The molecule has 16 heavy (non-hydrogen) atoms. The Kier molecular flexibility index (Phi) is 4.38. The zero-order valence-corrected chi connectivity index (χ0v) is 8.70. The van der Waals surface area contributed by atoms with Gasteiger partial charge in [-0.25, -0.2) is 9.37 Å². The van der Waals surface area contributed by atoms with Gasteiger partial charge >= 0.3 is 5.97 Å². The third-order valence-electron chi connectivity index (χ3n) is 1.66. The number of rotatable bonds is 4. The highest BCUT2D eigenvalue weighted by Gasteiger charge is 2.09. The van der Waals surface area contributed by atoms with Crippen molar-refractivity contribution in [3.63, 3.8) is 0 Å². The van der Waals surface area contributed by atoms with Crippen molar-refractivity contribution in [2.75, 3.05) is 13.2 Å². The zero-order valence-electron chi connectivity index (χ0n) is 8.70. The number of halogens is 1. The van der Waals surface area contributed by atoms with Crippen molar-refractivity contribution in [1.82, 2.24) is 10.3 Å². The lowest BCUT2D eigenvalue weighted by atomic mass is 10.3. The summed E-state index contributed by atoms with van der Waals surface area (Å²) in [5, 5.41) is 2.30. The lowest BCUT2D eigenvalue weighted by Gasteiger charge is -2.03. The number of ether oxygens (including phenoxy) is 1. The maximum atomic E-state index is 12.5. The molecular weight excluding hydrogens is 215 g/mol. The van der Waals surface area contributed by atoms with Gasteiger partial charge in [0.1, 0.15) is 18.1 Å². The molecule has 0 saturated heterocycles. The van der Waals surface area contributed by atoms with Gasteiger partial charge in [-0.1, -0.05) is 0 Å². The summed E-state index contributed by atoms with van der Waals surface area (Å²) in [7, 11) is 0. The molecule has 0 radical (unpaired) electrons. The Morgan fingerprint density at radius 2 is 2.25 bits per heavy atom. The molecule has 1 aromatic heterocycles. The third kappa shape index (κ3) is 3.64. The summed E-state index contributed by atoms with van der Waals surface area (Å²) in [5.41, 5.74) is 0.0469. The van der Waals surface area contributed by atoms with E-state index >= 15 is 0 Å². The highest BCUT2D eigenvalue weighted by Crippen LogP contribution is 1.97. The standard InChI is InChI=1S/C10H11FN2O3/c1-2-16-9(14)6-13-10(15)8-4-3-7(11)5-12-8/h3-5H,2,6H2,1H3,(H,13,15). The first-order chi connectivity index (χ1) is 7.63. The second kappa shape index (κ2) is 5.79. The predicted octanol–water partition coefficient (Wildman–Crippen LogP) is 0.514. The van der Waals surface area contributed by atoms with E-state index in [-0.39, 0.29) is 18.8 Å². The molecule has 0 saturated carbocycles. The zero-order chi connectivity index (χ0) is 12.0. The van der Waals surface area contributed by atoms with Gasteiger partial charge in [0.25, 0.3) is 5.91 Å². The number of nitrogens with one attached hydrogen (secondary N) is 1. The van der Waals surface area contributed by atoms with Gasteiger partial charge < -0.3 is 10.1 Å². The average molecular weight is 226 g/mol. The number of hydrogen-bond donors (Lipinski definition) is 1. The van der Waals surface area contributed by atoms with Crippen molar-refractivity contribution in [2.45, 2.75) is 6.92 Å². The Morgan fingerprint density at radius 3 is 2.81 bits per heavy atom. The Hall–Kier alpha value is -1.98. The van der Waals surface area contributed by atoms with E-state index in [0.29, 0.717) is 0 Å². The first kappa shape index (κ1) is 12.1. The van der Waals surface area contributed by atoms with Gasteiger partial charge in [0, 0.05) is 0 Å². The van der Waals surface area contributed by atoms with Gasteiger partial charge in [0.05, 0.1) is 12.8 Å². The molecule has 0 bridgehead atoms. The van der Waals surface area contributed by atoms with Crippen molar-refractivity contribution in [1.29, 1.82) is 0 Å². The molecule has 1 heterocycles. The van der Waals surface area contributed by atoms with Crippen LogP contribution in [-0.4, -0.2) is 30.0 Å². The van der Waals surface area contributed by atoms with E-state index in [1.165, 1.54) is 6.07 Å². The third-order valence-corrected chi connectivity index (χ3v) is 1.66. The molecule has 5 nitrogen and oxygen atoms in total. The summed E-state index contributed by atoms with van der Waals surface area (Å²) < 4.78 is 17.1. The molecule has 1 aromatic rings. The fourth-order valence-electron chi connectivity index (χ4n) is 0.965. The van der Waals surface area contributed by atoms with E-state index in [1.54, 1.807) is 6.92 Å². The topological polar surface area (TPSA) is 68.3 Å². The minimum atomic E-state index is -0.548. The first-order valence-electron chi connectivity index (χ1n) is 4.69. The monoisotopic (exact) mass is 226 g/mol. The maximum Gasteiger partial charge on any atom is 0.325 e. The Balaban J connectivity index is 2.47. The van der Waals surface area contributed by atoms with Crippen LogP contribution in [0, 0.1) is 5.82 Å². The Morgan fingerprint density at radius 1 is 1.50 bits per heavy atom. The van der Waals surface area contributed by atoms with Gasteiger partial charge in [-0.15, -0.1) is 0 Å². The molecule has 0 unspecified atom stereocenters.